The van der Waals surface area contributed by atoms with Crippen molar-refractivity contribution < 1.29 is 0 Å². The first-order valence-corrected chi connectivity index (χ1v) is 20.9. The summed E-state index contributed by atoms with van der Waals surface area (Å²) < 4.78 is 0. The van der Waals surface area contributed by atoms with Gasteiger partial charge in [-0.15, -0.1) is 0 Å². The maximum absolute atomic E-state index is 5.14. The van der Waals surface area contributed by atoms with Crippen LogP contribution in [0.5, 0.6) is 0 Å². The van der Waals surface area contributed by atoms with Gasteiger partial charge >= 0.3 is 0 Å². The molecule has 274 valence electrons. The van der Waals surface area contributed by atoms with E-state index in [2.05, 4.69) is 94.6 Å². The summed E-state index contributed by atoms with van der Waals surface area (Å²) in [5.74, 6) is 0. The summed E-state index contributed by atoms with van der Waals surface area (Å²) in [6, 6.07) is 1.23. The fourth-order valence-electron chi connectivity index (χ4n) is 6.35. The first kappa shape index (κ1) is 45.6. The lowest BCUT2D eigenvalue weighted by molar-refractivity contribution is 0.275. The van der Waals surface area contributed by atoms with Crippen molar-refractivity contribution in [1.82, 2.24) is 4.90 Å². The molecule has 0 radical (unpaired) electrons. The average molecular weight is 653 g/mol. The average Bonchev–Trinajstić information content (AvgIpc) is 3.07. The van der Waals surface area contributed by atoms with E-state index < -0.39 is 0 Å². The molecule has 0 bridgehead atoms. The van der Waals surface area contributed by atoms with Crippen LogP contribution in [0.4, 0.5) is 0 Å². The zero-order chi connectivity index (χ0) is 34.3. The van der Waals surface area contributed by atoms with Crippen LogP contribution in [-0.4, -0.2) is 37.3 Å². The predicted octanol–water partition coefficient (Wildman–Crippen LogP) is 15.0. The van der Waals surface area contributed by atoms with Crippen molar-refractivity contribution in [3.8, 4) is 0 Å². The van der Waals surface area contributed by atoms with Crippen LogP contribution in [0.3, 0.4) is 0 Å². The second-order valence-electron chi connectivity index (χ2n) is 14.3. The van der Waals surface area contributed by atoms with Crippen molar-refractivity contribution in [2.45, 2.75) is 219 Å². The topological polar surface area (TPSA) is 15.6 Å². The largest absolute Gasteiger partial charge is 0.306 e. The smallest absolute Gasteiger partial charge is 0.0495 e. The molecule has 0 N–H and O–H groups in total. The molecule has 0 aromatic heterocycles. The molecule has 0 heterocycles. The van der Waals surface area contributed by atoms with Gasteiger partial charge in [-0.3, -0.25) is 4.99 Å². The quantitative estimate of drug-likeness (QED) is 0.0373. The van der Waals surface area contributed by atoms with Gasteiger partial charge in [0.05, 0.1) is 0 Å². The van der Waals surface area contributed by atoms with E-state index in [1.807, 2.05) is 0 Å². The second kappa shape index (κ2) is 39.0. The molecule has 2 heteroatoms. The Kier molecular flexibility index (Phi) is 37.9. The number of rotatable bonds is 36. The zero-order valence-electron chi connectivity index (χ0n) is 32.8. The Morgan fingerprint density at radius 2 is 0.809 bits per heavy atom. The summed E-state index contributed by atoms with van der Waals surface area (Å²) in [6.45, 7) is 6.85. The van der Waals surface area contributed by atoms with E-state index in [-0.39, 0.29) is 0 Å². The SMILES string of the molecule is CCCCC/C=C\C/C=C\CCCCCCCCC(CCCCCCCC/C=C\C/C=C\CCCCC)N=CCCC(CC)N(C)C. The molecule has 2 nitrogen and oxygen atoms in total. The number of nitrogens with zero attached hydrogens (tertiary/aromatic N) is 2. The third-order valence-electron chi connectivity index (χ3n) is 9.62. The van der Waals surface area contributed by atoms with Crippen LogP contribution >= 0.6 is 0 Å². The van der Waals surface area contributed by atoms with Crippen molar-refractivity contribution in [2.24, 2.45) is 4.99 Å². The molecule has 0 fully saturated rings. The number of aliphatic imine (C=N–C) groups is 1. The summed E-state index contributed by atoms with van der Waals surface area (Å²) in [6.07, 6.45) is 59.1. The Morgan fingerprint density at radius 3 is 1.19 bits per heavy atom. The van der Waals surface area contributed by atoms with E-state index in [0.717, 1.165) is 19.3 Å². The maximum atomic E-state index is 5.14. The molecule has 47 heavy (non-hydrogen) atoms. The van der Waals surface area contributed by atoms with Crippen molar-refractivity contribution in [1.29, 1.82) is 0 Å². The molecule has 0 rings (SSSR count). The summed E-state index contributed by atoms with van der Waals surface area (Å²) in [4.78, 5) is 7.51. The fraction of sp³-hybridized carbons (Fsp3) is 0.800. The van der Waals surface area contributed by atoms with Crippen LogP contribution in [0.25, 0.3) is 0 Å². The Hall–Kier alpha value is -1.41. The second-order valence-corrected chi connectivity index (χ2v) is 14.3. The van der Waals surface area contributed by atoms with Gasteiger partial charge in [-0.2, -0.15) is 0 Å². The van der Waals surface area contributed by atoms with Gasteiger partial charge < -0.3 is 4.90 Å². The number of unbranched alkanes of at least 4 members (excludes halogenated alkanes) is 18. The normalized spacial score (nSPS) is 13.4. The molecule has 0 aliphatic heterocycles. The van der Waals surface area contributed by atoms with Gasteiger partial charge in [-0.25, -0.2) is 0 Å². The molecule has 0 aliphatic carbocycles. The molecular formula is C45H84N2. The van der Waals surface area contributed by atoms with E-state index in [9.17, 15) is 0 Å². The maximum Gasteiger partial charge on any atom is 0.0495 e. The molecule has 1 atom stereocenters. The highest BCUT2D eigenvalue weighted by atomic mass is 15.1. The number of allylic oxidation sites excluding steroid dienone is 8. The molecule has 0 spiro atoms. The minimum absolute atomic E-state index is 0.547. The summed E-state index contributed by atoms with van der Waals surface area (Å²) in [5.41, 5.74) is 0. The molecule has 0 saturated carbocycles. The molecular weight excluding hydrogens is 569 g/mol. The third-order valence-corrected chi connectivity index (χ3v) is 9.62. The Labute approximate surface area is 297 Å². The van der Waals surface area contributed by atoms with Gasteiger partial charge in [0, 0.05) is 12.1 Å². The molecule has 0 aromatic carbocycles. The minimum Gasteiger partial charge on any atom is -0.306 e. The standard InChI is InChI=1S/C45H84N2/c1-6-9-11-13-15-17-19-21-23-25-27-29-31-33-35-37-40-44(46-43-39-42-45(8-3)47(4)5)41-38-36-34-32-30-28-26-24-22-20-18-16-14-12-10-7-2/h15-18,21-24,43-45H,6-14,19-20,25-42H2,1-5H3/b17-15-,18-16-,23-21-,24-22-,46-43?. The van der Waals surface area contributed by atoms with Gasteiger partial charge in [-0.1, -0.05) is 159 Å². The lowest BCUT2D eigenvalue weighted by Crippen LogP contribution is -2.27. The Balaban J connectivity index is 4.10. The molecule has 0 saturated heterocycles. The van der Waals surface area contributed by atoms with Crippen LogP contribution < -0.4 is 0 Å². The summed E-state index contributed by atoms with van der Waals surface area (Å²) in [5, 5.41) is 0. The number of hydrogen-bond acceptors (Lipinski definition) is 2. The highest BCUT2D eigenvalue weighted by molar-refractivity contribution is 5.57. The van der Waals surface area contributed by atoms with Crippen molar-refractivity contribution in [3.63, 3.8) is 0 Å². The first-order valence-electron chi connectivity index (χ1n) is 20.9. The minimum atomic E-state index is 0.547. The van der Waals surface area contributed by atoms with Crippen LogP contribution in [-0.2, 0) is 0 Å². The molecule has 0 amide bonds. The lowest BCUT2D eigenvalue weighted by atomic mass is 10.00. The van der Waals surface area contributed by atoms with E-state index in [0.29, 0.717) is 12.1 Å². The van der Waals surface area contributed by atoms with Crippen molar-refractivity contribution in [2.75, 3.05) is 14.1 Å². The van der Waals surface area contributed by atoms with Crippen LogP contribution in [0.1, 0.15) is 207 Å². The monoisotopic (exact) mass is 653 g/mol. The highest BCUT2D eigenvalue weighted by Gasteiger charge is 2.09. The van der Waals surface area contributed by atoms with Crippen LogP contribution in [0.2, 0.25) is 0 Å². The van der Waals surface area contributed by atoms with E-state index in [4.69, 9.17) is 4.99 Å². The molecule has 0 aromatic rings. The Morgan fingerprint density at radius 1 is 0.426 bits per heavy atom. The van der Waals surface area contributed by atoms with E-state index >= 15 is 0 Å². The fourth-order valence-corrected chi connectivity index (χ4v) is 6.35. The first-order chi connectivity index (χ1) is 23.2. The van der Waals surface area contributed by atoms with Gasteiger partial charge in [0.15, 0.2) is 0 Å². The van der Waals surface area contributed by atoms with E-state index in [1.165, 1.54) is 167 Å². The summed E-state index contributed by atoms with van der Waals surface area (Å²) >= 11 is 0. The van der Waals surface area contributed by atoms with Crippen LogP contribution in [0.15, 0.2) is 53.6 Å². The highest BCUT2D eigenvalue weighted by Crippen LogP contribution is 2.18. The van der Waals surface area contributed by atoms with Gasteiger partial charge in [0.25, 0.3) is 0 Å². The van der Waals surface area contributed by atoms with Gasteiger partial charge in [0.1, 0.15) is 0 Å². The van der Waals surface area contributed by atoms with Gasteiger partial charge in [-0.05, 0) is 117 Å². The molecule has 0 aliphatic rings. The van der Waals surface area contributed by atoms with Gasteiger partial charge in [0.2, 0.25) is 0 Å². The summed E-state index contributed by atoms with van der Waals surface area (Å²) in [7, 11) is 4.43. The number of hydrogen-bond donors (Lipinski definition) is 0. The van der Waals surface area contributed by atoms with Crippen molar-refractivity contribution >= 4 is 6.21 Å². The Bertz CT molecular complexity index is 695. The van der Waals surface area contributed by atoms with Crippen LogP contribution in [0, 0.1) is 0 Å². The molecule has 1 unspecified atom stereocenters. The zero-order valence-corrected chi connectivity index (χ0v) is 32.8. The predicted molar refractivity (Wildman–Crippen MR) is 217 cm³/mol. The van der Waals surface area contributed by atoms with E-state index in [1.54, 1.807) is 0 Å². The van der Waals surface area contributed by atoms with Crippen molar-refractivity contribution in [3.05, 3.63) is 48.6 Å². The third kappa shape index (κ3) is 35.7. The lowest BCUT2D eigenvalue weighted by Gasteiger charge is -2.22.